The standard InChI is InChI=1S/C17H16N2O6S/c18-26(22,23)15-8-6-12(7-9-15)16(20)24-11-14-10-19(17(21)25-14)13-4-2-1-3-5-13/h1-9,14H,10-11H2,(H2,18,22,23). The SMILES string of the molecule is NS(=O)(=O)c1ccc(C(=O)OCC2CN(c3ccccc3)C(=O)O2)cc1. The highest BCUT2D eigenvalue weighted by molar-refractivity contribution is 7.89. The maximum absolute atomic E-state index is 12.0. The molecule has 8 nitrogen and oxygen atoms in total. The number of hydrogen-bond donors (Lipinski definition) is 1. The Hall–Kier alpha value is -2.91. The van der Waals surface area contributed by atoms with Gasteiger partial charge in [-0.2, -0.15) is 0 Å². The molecule has 136 valence electrons. The normalized spacial score (nSPS) is 17.0. The molecule has 2 N–H and O–H groups in total. The van der Waals surface area contributed by atoms with Crippen molar-refractivity contribution in [3.05, 3.63) is 60.2 Å². The van der Waals surface area contributed by atoms with E-state index >= 15 is 0 Å². The summed E-state index contributed by atoms with van der Waals surface area (Å²) < 4.78 is 32.7. The van der Waals surface area contributed by atoms with Gasteiger partial charge in [0, 0.05) is 5.69 Å². The number of cyclic esters (lactones) is 1. The molecule has 1 fully saturated rings. The molecule has 1 saturated heterocycles. The number of hydrogen-bond acceptors (Lipinski definition) is 6. The van der Waals surface area contributed by atoms with Crippen molar-refractivity contribution in [1.29, 1.82) is 0 Å². The van der Waals surface area contributed by atoms with Crippen LogP contribution in [0.25, 0.3) is 0 Å². The number of rotatable bonds is 5. The van der Waals surface area contributed by atoms with Gasteiger partial charge in [-0.05, 0) is 36.4 Å². The minimum absolute atomic E-state index is 0.0997. The Morgan fingerprint density at radius 3 is 2.42 bits per heavy atom. The maximum atomic E-state index is 12.0. The van der Waals surface area contributed by atoms with Gasteiger partial charge < -0.3 is 9.47 Å². The average Bonchev–Trinajstić information content (AvgIpc) is 3.00. The Morgan fingerprint density at radius 2 is 1.81 bits per heavy atom. The number of carbonyl (C=O) groups excluding carboxylic acids is 2. The number of esters is 1. The fraction of sp³-hybridized carbons (Fsp3) is 0.176. The Balaban J connectivity index is 1.58. The van der Waals surface area contributed by atoms with E-state index in [-0.39, 0.29) is 23.6 Å². The van der Waals surface area contributed by atoms with Gasteiger partial charge in [0.05, 0.1) is 17.0 Å². The first-order valence-corrected chi connectivity index (χ1v) is 9.22. The molecular weight excluding hydrogens is 360 g/mol. The van der Waals surface area contributed by atoms with Crippen LogP contribution in [0.1, 0.15) is 10.4 Å². The number of ether oxygens (including phenoxy) is 2. The minimum atomic E-state index is -3.82. The summed E-state index contributed by atoms with van der Waals surface area (Å²) in [6.45, 7) is 0.158. The van der Waals surface area contributed by atoms with Gasteiger partial charge in [0.15, 0.2) is 6.10 Å². The van der Waals surface area contributed by atoms with Gasteiger partial charge >= 0.3 is 12.1 Å². The highest BCUT2D eigenvalue weighted by atomic mass is 32.2. The number of amides is 1. The number of sulfonamides is 1. The highest BCUT2D eigenvalue weighted by Crippen LogP contribution is 2.21. The molecule has 26 heavy (non-hydrogen) atoms. The summed E-state index contributed by atoms with van der Waals surface area (Å²) >= 11 is 0. The highest BCUT2D eigenvalue weighted by Gasteiger charge is 2.33. The molecule has 1 aliphatic heterocycles. The van der Waals surface area contributed by atoms with Crippen LogP contribution >= 0.6 is 0 Å². The minimum Gasteiger partial charge on any atom is -0.458 e. The molecule has 3 rings (SSSR count). The molecule has 0 spiro atoms. The number of anilines is 1. The van der Waals surface area contributed by atoms with Crippen LogP contribution in [-0.2, 0) is 19.5 Å². The zero-order valence-electron chi connectivity index (χ0n) is 13.6. The summed E-state index contributed by atoms with van der Waals surface area (Å²) in [7, 11) is -3.82. The molecule has 1 atom stereocenters. The topological polar surface area (TPSA) is 116 Å². The fourth-order valence-electron chi connectivity index (χ4n) is 2.46. The number of benzene rings is 2. The van der Waals surface area contributed by atoms with Gasteiger partial charge in [0.25, 0.3) is 0 Å². The number of carbonyl (C=O) groups is 2. The molecule has 0 bridgehead atoms. The molecule has 1 heterocycles. The van der Waals surface area contributed by atoms with E-state index in [2.05, 4.69) is 0 Å². The molecule has 1 aliphatic rings. The Bertz CT molecular complexity index is 912. The lowest BCUT2D eigenvalue weighted by atomic mass is 10.2. The summed E-state index contributed by atoms with van der Waals surface area (Å²) in [5.41, 5.74) is 0.867. The lowest BCUT2D eigenvalue weighted by Crippen LogP contribution is -2.26. The maximum Gasteiger partial charge on any atom is 0.414 e. The van der Waals surface area contributed by atoms with Crippen LogP contribution in [0, 0.1) is 0 Å². The third-order valence-electron chi connectivity index (χ3n) is 3.76. The number of para-hydroxylation sites is 1. The average molecular weight is 376 g/mol. The molecule has 0 radical (unpaired) electrons. The first-order chi connectivity index (χ1) is 12.3. The monoisotopic (exact) mass is 376 g/mol. The molecule has 1 unspecified atom stereocenters. The van der Waals surface area contributed by atoms with Crippen molar-refractivity contribution >= 4 is 27.8 Å². The number of primary sulfonamides is 1. The van der Waals surface area contributed by atoms with E-state index in [1.54, 1.807) is 24.3 Å². The van der Waals surface area contributed by atoms with Gasteiger partial charge in [-0.25, -0.2) is 23.1 Å². The van der Waals surface area contributed by atoms with Crippen molar-refractivity contribution in [2.24, 2.45) is 5.14 Å². The summed E-state index contributed by atoms with van der Waals surface area (Å²) in [4.78, 5) is 25.3. The zero-order valence-corrected chi connectivity index (χ0v) is 14.4. The first-order valence-electron chi connectivity index (χ1n) is 7.68. The van der Waals surface area contributed by atoms with Gasteiger partial charge in [-0.3, -0.25) is 4.90 Å². The summed E-state index contributed by atoms with van der Waals surface area (Å²) in [6.07, 6.45) is -1.09. The molecule has 0 aromatic heterocycles. The van der Waals surface area contributed by atoms with Crippen LogP contribution in [0.2, 0.25) is 0 Å². The van der Waals surface area contributed by atoms with Crippen LogP contribution in [0.4, 0.5) is 10.5 Å². The summed E-state index contributed by atoms with van der Waals surface area (Å²) in [5, 5.41) is 5.00. The van der Waals surface area contributed by atoms with Crippen molar-refractivity contribution in [1.82, 2.24) is 0 Å². The van der Waals surface area contributed by atoms with Crippen molar-refractivity contribution in [3.63, 3.8) is 0 Å². The van der Waals surface area contributed by atoms with Crippen LogP contribution in [0.15, 0.2) is 59.5 Å². The van der Waals surface area contributed by atoms with Crippen molar-refractivity contribution < 1.29 is 27.5 Å². The Labute approximate surface area is 150 Å². The summed E-state index contributed by atoms with van der Waals surface area (Å²) in [6, 6.07) is 14.1. The molecule has 2 aromatic rings. The van der Waals surface area contributed by atoms with Crippen molar-refractivity contribution in [2.75, 3.05) is 18.1 Å². The smallest absolute Gasteiger partial charge is 0.414 e. The second kappa shape index (κ2) is 7.14. The van der Waals surface area contributed by atoms with Crippen LogP contribution in [0.3, 0.4) is 0 Å². The second-order valence-corrected chi connectivity index (χ2v) is 7.18. The lowest BCUT2D eigenvalue weighted by Gasteiger charge is -2.12. The second-order valence-electron chi connectivity index (χ2n) is 5.62. The van der Waals surface area contributed by atoms with E-state index < -0.39 is 28.2 Å². The van der Waals surface area contributed by atoms with E-state index in [4.69, 9.17) is 14.6 Å². The van der Waals surface area contributed by atoms with E-state index in [1.165, 1.54) is 29.2 Å². The lowest BCUT2D eigenvalue weighted by molar-refractivity contribution is 0.0300. The molecule has 2 aromatic carbocycles. The van der Waals surface area contributed by atoms with Gasteiger partial charge in [-0.1, -0.05) is 18.2 Å². The summed E-state index contributed by atoms with van der Waals surface area (Å²) in [5.74, 6) is -0.653. The third-order valence-corrected chi connectivity index (χ3v) is 4.69. The van der Waals surface area contributed by atoms with E-state index in [9.17, 15) is 18.0 Å². The predicted octanol–water partition coefficient (Wildman–Crippen LogP) is 1.52. The predicted molar refractivity (Wildman–Crippen MR) is 92.2 cm³/mol. The van der Waals surface area contributed by atoms with Gasteiger partial charge in [-0.15, -0.1) is 0 Å². The molecule has 9 heteroatoms. The molecular formula is C17H16N2O6S. The largest absolute Gasteiger partial charge is 0.458 e. The first kappa shape index (κ1) is 17.9. The van der Waals surface area contributed by atoms with Crippen LogP contribution in [-0.4, -0.2) is 39.7 Å². The fourth-order valence-corrected chi connectivity index (χ4v) is 2.98. The third kappa shape index (κ3) is 4.01. The number of nitrogens with two attached hydrogens (primary N) is 1. The van der Waals surface area contributed by atoms with Gasteiger partial charge in [0.2, 0.25) is 10.0 Å². The molecule has 0 saturated carbocycles. The van der Waals surface area contributed by atoms with Crippen molar-refractivity contribution in [2.45, 2.75) is 11.0 Å². The van der Waals surface area contributed by atoms with Gasteiger partial charge in [0.1, 0.15) is 6.61 Å². The molecule has 0 aliphatic carbocycles. The van der Waals surface area contributed by atoms with Crippen LogP contribution < -0.4 is 10.0 Å². The Morgan fingerprint density at radius 1 is 1.15 bits per heavy atom. The molecule has 1 amide bonds. The zero-order chi connectivity index (χ0) is 18.7. The van der Waals surface area contributed by atoms with E-state index in [0.717, 1.165) is 0 Å². The van der Waals surface area contributed by atoms with Crippen molar-refractivity contribution in [3.8, 4) is 0 Å². The quantitative estimate of drug-likeness (QED) is 0.791. The Kier molecular flexibility index (Phi) is 4.92. The number of nitrogens with zero attached hydrogens (tertiary/aromatic N) is 1. The van der Waals surface area contributed by atoms with E-state index in [1.807, 2.05) is 6.07 Å². The van der Waals surface area contributed by atoms with Crippen LogP contribution in [0.5, 0.6) is 0 Å². The van der Waals surface area contributed by atoms with E-state index in [0.29, 0.717) is 5.69 Å².